The number of unbranched alkanes of at least 4 members (excludes halogenated alkanes) is 27. The maximum atomic E-state index is 14.4. The first-order chi connectivity index (χ1) is 36.7. The van der Waals surface area contributed by atoms with Crippen molar-refractivity contribution in [3.63, 3.8) is 0 Å². The molecule has 0 aliphatic rings. The standard InChI is InChI=1S/C23H40FNO4.C19H29F4NO2.C17H28FNO2/c1-3-5-6-7-8-9-10-11-12-13-14-20-19-25-22(21(20)24)23(26)29-18-17-28-16-15-27-4-2;1-2-3-4-5-6-7-8-9-10-11-12-15-13-24-17(16(15)20)18(25)26-14-19(21,22)23;1-2-3-4-5-6-7-8-9-10-11-12-14-13-19-16(15(14)18)17(20)21/h19,25H,3-18H2,1-2H3;13,24H,2-12,14H2,1H3;13,19H,2-12H2,1H3,(H,20,21). The molecule has 0 saturated heterocycles. The molecule has 0 bridgehead atoms. The van der Waals surface area contributed by atoms with Gasteiger partial charge in [0, 0.05) is 41.9 Å². The van der Waals surface area contributed by atoms with Crippen LogP contribution >= 0.6 is 0 Å². The Morgan fingerprint density at radius 3 is 1.03 bits per heavy atom. The molecule has 0 fully saturated rings. The van der Waals surface area contributed by atoms with E-state index in [-0.39, 0.29) is 24.6 Å². The molecular formula is C59H97F6N3O8. The molecule has 0 atom stereocenters. The second kappa shape index (κ2) is 45.7. The second-order valence-electron chi connectivity index (χ2n) is 19.7. The number of carboxylic acids is 1. The van der Waals surface area contributed by atoms with E-state index in [9.17, 15) is 40.7 Å². The average molecular weight is 1090 g/mol. The quantitative estimate of drug-likeness (QED) is 0.0248. The molecule has 3 aromatic heterocycles. The molecule has 0 aliphatic carbocycles. The van der Waals surface area contributed by atoms with E-state index in [1.807, 2.05) is 6.92 Å². The van der Waals surface area contributed by atoms with Crippen molar-refractivity contribution in [1.29, 1.82) is 0 Å². The van der Waals surface area contributed by atoms with Gasteiger partial charge in [-0.05, 0) is 45.4 Å². The van der Waals surface area contributed by atoms with Crippen molar-refractivity contribution in [3.8, 4) is 0 Å². The molecule has 438 valence electrons. The molecule has 3 aromatic rings. The molecule has 0 unspecified atom stereocenters. The van der Waals surface area contributed by atoms with Crippen LogP contribution in [0.25, 0.3) is 0 Å². The number of halogens is 6. The van der Waals surface area contributed by atoms with Crippen molar-refractivity contribution in [2.75, 3.05) is 39.6 Å². The van der Waals surface area contributed by atoms with Crippen molar-refractivity contribution in [3.05, 3.63) is 69.8 Å². The summed E-state index contributed by atoms with van der Waals surface area (Å²) in [5, 5.41) is 8.75. The van der Waals surface area contributed by atoms with Crippen LogP contribution < -0.4 is 0 Å². The minimum Gasteiger partial charge on any atom is -0.476 e. The SMILES string of the molecule is CCCCCCCCCCCCc1c[nH]c(C(=O)O)c1F.CCCCCCCCCCCCc1c[nH]c(C(=O)OCC(F)(F)F)c1F.CCCCCCCCCCCCc1c[nH]c(C(=O)OCCOCCOCC)c1F. The van der Waals surface area contributed by atoms with Gasteiger partial charge in [0.05, 0.1) is 19.8 Å². The molecule has 0 spiro atoms. The first-order valence-electron chi connectivity index (χ1n) is 29.1. The molecule has 4 N–H and O–H groups in total. The van der Waals surface area contributed by atoms with Crippen LogP contribution in [0.1, 0.15) is 268 Å². The van der Waals surface area contributed by atoms with Gasteiger partial charge < -0.3 is 39.0 Å². The number of carboxylic acid groups (broad SMARTS) is 1. The molecule has 3 heterocycles. The zero-order valence-corrected chi connectivity index (χ0v) is 46.9. The van der Waals surface area contributed by atoms with Gasteiger partial charge in [0.1, 0.15) is 6.61 Å². The van der Waals surface area contributed by atoms with E-state index in [1.165, 1.54) is 154 Å². The van der Waals surface area contributed by atoms with E-state index in [2.05, 4.69) is 40.5 Å². The molecule has 0 amide bonds. The highest BCUT2D eigenvalue weighted by Crippen LogP contribution is 2.22. The van der Waals surface area contributed by atoms with Gasteiger partial charge in [0.15, 0.2) is 41.1 Å². The van der Waals surface area contributed by atoms with Gasteiger partial charge in [0.2, 0.25) is 0 Å². The topological polar surface area (TPSA) is 156 Å². The fourth-order valence-corrected chi connectivity index (χ4v) is 8.60. The Hall–Kier alpha value is -4.25. The molecule has 0 saturated carbocycles. The summed E-state index contributed by atoms with van der Waals surface area (Å²) in [6.45, 7) is 8.82. The lowest BCUT2D eigenvalue weighted by Crippen LogP contribution is -2.21. The first-order valence-corrected chi connectivity index (χ1v) is 29.1. The summed E-state index contributed by atoms with van der Waals surface area (Å²) in [6.07, 6.45) is 37.9. The Labute approximate surface area is 451 Å². The van der Waals surface area contributed by atoms with Gasteiger partial charge in [-0.15, -0.1) is 0 Å². The number of aromatic amines is 3. The Morgan fingerprint density at radius 1 is 0.421 bits per heavy atom. The van der Waals surface area contributed by atoms with E-state index in [1.54, 1.807) is 6.20 Å². The van der Waals surface area contributed by atoms with Gasteiger partial charge in [-0.25, -0.2) is 27.6 Å². The van der Waals surface area contributed by atoms with Crippen molar-refractivity contribution in [2.24, 2.45) is 0 Å². The zero-order chi connectivity index (χ0) is 56.1. The highest BCUT2D eigenvalue weighted by Gasteiger charge is 2.31. The molecule has 0 aliphatic heterocycles. The minimum absolute atomic E-state index is 0.0944. The fraction of sp³-hybridized carbons (Fsp3) is 0.746. The monoisotopic (exact) mass is 1090 g/mol. The number of carbonyl (C=O) groups is 3. The number of nitrogens with one attached hydrogen (secondary N) is 3. The average Bonchev–Trinajstić information content (AvgIpc) is 4.09. The molecule has 17 heteroatoms. The zero-order valence-electron chi connectivity index (χ0n) is 46.9. The number of aromatic carboxylic acids is 1. The summed E-state index contributed by atoms with van der Waals surface area (Å²) < 4.78 is 97.7. The molecule has 3 rings (SSSR count). The van der Waals surface area contributed by atoms with Gasteiger partial charge in [0.25, 0.3) is 0 Å². The van der Waals surface area contributed by atoms with Crippen LogP contribution in [0.3, 0.4) is 0 Å². The number of alkyl halides is 3. The van der Waals surface area contributed by atoms with Gasteiger partial charge in [-0.2, -0.15) is 13.2 Å². The number of H-pyrrole nitrogens is 3. The van der Waals surface area contributed by atoms with Gasteiger partial charge in [-0.1, -0.05) is 194 Å². The highest BCUT2D eigenvalue weighted by molar-refractivity contribution is 5.88. The number of aryl methyl sites for hydroxylation is 3. The smallest absolute Gasteiger partial charge is 0.422 e. The predicted molar refractivity (Wildman–Crippen MR) is 290 cm³/mol. The fourth-order valence-electron chi connectivity index (χ4n) is 8.60. The lowest BCUT2D eigenvalue weighted by Gasteiger charge is -2.06. The summed E-state index contributed by atoms with van der Waals surface area (Å²) in [5.41, 5.74) is 0.398. The van der Waals surface area contributed by atoms with E-state index >= 15 is 0 Å². The summed E-state index contributed by atoms with van der Waals surface area (Å²) in [6, 6.07) is 0. The van der Waals surface area contributed by atoms with Crippen LogP contribution in [0, 0.1) is 17.5 Å². The van der Waals surface area contributed by atoms with E-state index in [0.717, 1.165) is 51.4 Å². The Balaban J connectivity index is 0.000000577. The molecule has 76 heavy (non-hydrogen) atoms. The molecule has 11 nitrogen and oxygen atoms in total. The van der Waals surface area contributed by atoms with Crippen molar-refractivity contribution in [2.45, 2.75) is 246 Å². The number of esters is 2. The third kappa shape index (κ3) is 34.5. The summed E-state index contributed by atoms with van der Waals surface area (Å²) in [4.78, 5) is 41.7. The Bertz CT molecular complexity index is 1900. The molecular weight excluding hydrogens is 993 g/mol. The van der Waals surface area contributed by atoms with Gasteiger partial charge >= 0.3 is 24.1 Å². The van der Waals surface area contributed by atoms with Crippen LogP contribution in [0.15, 0.2) is 18.6 Å². The highest BCUT2D eigenvalue weighted by atomic mass is 19.4. The number of ether oxygens (including phenoxy) is 4. The van der Waals surface area contributed by atoms with E-state index in [0.29, 0.717) is 55.8 Å². The Kier molecular flexibility index (Phi) is 42.0. The maximum Gasteiger partial charge on any atom is 0.422 e. The summed E-state index contributed by atoms with van der Waals surface area (Å²) in [5.74, 6) is -5.13. The normalized spacial score (nSPS) is 11.3. The van der Waals surface area contributed by atoms with Gasteiger partial charge in [-0.3, -0.25) is 0 Å². The minimum atomic E-state index is -4.63. The van der Waals surface area contributed by atoms with Crippen molar-refractivity contribution in [1.82, 2.24) is 15.0 Å². The lowest BCUT2D eigenvalue weighted by molar-refractivity contribution is -0.161. The van der Waals surface area contributed by atoms with Crippen LogP contribution in [0.4, 0.5) is 26.3 Å². The first kappa shape index (κ1) is 69.8. The maximum absolute atomic E-state index is 14.4. The third-order valence-electron chi connectivity index (χ3n) is 13.1. The summed E-state index contributed by atoms with van der Waals surface area (Å²) >= 11 is 0. The lowest BCUT2D eigenvalue weighted by atomic mass is 10.0. The number of rotatable bonds is 44. The van der Waals surface area contributed by atoms with Crippen molar-refractivity contribution >= 4 is 17.9 Å². The third-order valence-corrected chi connectivity index (χ3v) is 13.1. The predicted octanol–water partition coefficient (Wildman–Crippen LogP) is 17.5. The van der Waals surface area contributed by atoms with E-state index in [4.69, 9.17) is 19.3 Å². The molecule has 0 radical (unpaired) electrons. The van der Waals surface area contributed by atoms with Crippen LogP contribution in [0.5, 0.6) is 0 Å². The van der Waals surface area contributed by atoms with E-state index < -0.39 is 53.8 Å². The Morgan fingerprint density at radius 2 is 0.711 bits per heavy atom. The van der Waals surface area contributed by atoms with Crippen LogP contribution in [-0.2, 0) is 38.2 Å². The molecule has 0 aromatic carbocycles. The number of carbonyl (C=O) groups excluding carboxylic acids is 2. The van der Waals surface area contributed by atoms with Crippen LogP contribution in [-0.4, -0.2) is 83.8 Å². The number of hydrogen-bond donors (Lipinski definition) is 4. The summed E-state index contributed by atoms with van der Waals surface area (Å²) in [7, 11) is 0. The largest absolute Gasteiger partial charge is 0.476 e. The number of hydrogen-bond acceptors (Lipinski definition) is 7. The second-order valence-corrected chi connectivity index (χ2v) is 19.7. The van der Waals surface area contributed by atoms with Crippen LogP contribution in [0.2, 0.25) is 0 Å². The van der Waals surface area contributed by atoms with Crippen molar-refractivity contribution < 1.29 is 64.8 Å². The number of aromatic nitrogens is 3.